The third kappa shape index (κ3) is 2.67. The highest BCUT2D eigenvalue weighted by Gasteiger charge is 1.94. The van der Waals surface area contributed by atoms with Gasteiger partial charge in [-0.15, -0.1) is 0 Å². The van der Waals surface area contributed by atoms with Gasteiger partial charge in [0.05, 0.1) is 5.75 Å². The predicted molar refractivity (Wildman–Crippen MR) is 41.8 cm³/mol. The van der Waals surface area contributed by atoms with Gasteiger partial charge in [0, 0.05) is 18.0 Å². The molecule has 0 aliphatic carbocycles. The van der Waals surface area contributed by atoms with E-state index < -0.39 is 10.7 Å². The Morgan fingerprint density at radius 1 is 1.64 bits per heavy atom. The molecule has 0 atom stereocenters. The minimum absolute atomic E-state index is 0.0543. The van der Waals surface area contributed by atoms with E-state index in [1.54, 1.807) is 19.2 Å². The summed E-state index contributed by atoms with van der Waals surface area (Å²) in [6.07, 6.45) is 1.58. The molecule has 4 heteroatoms. The zero-order valence-corrected chi connectivity index (χ0v) is 6.97. The van der Waals surface area contributed by atoms with E-state index in [-0.39, 0.29) is 5.75 Å². The van der Waals surface area contributed by atoms with E-state index in [0.29, 0.717) is 5.56 Å². The van der Waals surface area contributed by atoms with Crippen molar-refractivity contribution in [3.63, 3.8) is 0 Å². The standard InChI is InChI=1S/C7H8NO2S/c1-6-4-7(2-3-8-6)5-11(9)10/h2-3,11H,5H2,1H3. The Hall–Kier alpha value is -0.900. The van der Waals surface area contributed by atoms with Gasteiger partial charge in [0.15, 0.2) is 0 Å². The normalized spacial score (nSPS) is 10.4. The molecule has 1 heterocycles. The third-order valence-corrected chi connectivity index (χ3v) is 1.78. The summed E-state index contributed by atoms with van der Waals surface area (Å²) < 4.78 is 20.6. The molecule has 0 aliphatic rings. The van der Waals surface area contributed by atoms with E-state index in [9.17, 15) is 8.42 Å². The summed E-state index contributed by atoms with van der Waals surface area (Å²) in [5.74, 6) is 0.0543. The number of rotatable bonds is 2. The molecule has 3 nitrogen and oxygen atoms in total. The number of thiol groups is 1. The number of hydrogen-bond acceptors (Lipinski definition) is 3. The maximum atomic E-state index is 10.3. The van der Waals surface area contributed by atoms with Crippen LogP contribution in [-0.2, 0) is 16.5 Å². The van der Waals surface area contributed by atoms with Gasteiger partial charge in [-0.3, -0.25) is 4.98 Å². The lowest BCUT2D eigenvalue weighted by Gasteiger charge is -1.93. The molecule has 0 amide bonds. The van der Waals surface area contributed by atoms with Crippen LogP contribution in [0.4, 0.5) is 0 Å². The summed E-state index contributed by atoms with van der Waals surface area (Å²) >= 11 is 0. The highest BCUT2D eigenvalue weighted by Crippen LogP contribution is 1.99. The van der Waals surface area contributed by atoms with Gasteiger partial charge in [-0.1, -0.05) is 0 Å². The van der Waals surface area contributed by atoms with Crippen molar-refractivity contribution in [1.29, 1.82) is 0 Å². The molecule has 0 unspecified atom stereocenters. The molecule has 0 aromatic carbocycles. The van der Waals surface area contributed by atoms with Crippen molar-refractivity contribution in [3.8, 4) is 0 Å². The summed E-state index contributed by atoms with van der Waals surface area (Å²) in [4.78, 5) is 3.89. The predicted octanol–water partition coefficient (Wildman–Crippen LogP) is 0.302. The van der Waals surface area contributed by atoms with Crippen LogP contribution in [0.2, 0.25) is 0 Å². The van der Waals surface area contributed by atoms with E-state index >= 15 is 0 Å². The van der Waals surface area contributed by atoms with Crippen LogP contribution in [0.15, 0.2) is 12.3 Å². The van der Waals surface area contributed by atoms with Gasteiger partial charge < -0.3 is 0 Å². The van der Waals surface area contributed by atoms with E-state index in [4.69, 9.17) is 0 Å². The number of pyridine rings is 1. The average Bonchev–Trinajstić information content (AvgIpc) is 1.85. The molecule has 1 aromatic heterocycles. The molecule has 0 bridgehead atoms. The molecule has 0 N–H and O–H groups in total. The second-order valence-corrected chi connectivity index (χ2v) is 3.15. The zero-order valence-electron chi connectivity index (χ0n) is 6.07. The van der Waals surface area contributed by atoms with Crippen LogP contribution >= 0.6 is 0 Å². The van der Waals surface area contributed by atoms with Crippen LogP contribution < -0.4 is 0 Å². The lowest BCUT2D eigenvalue weighted by molar-refractivity contribution is 0.614. The van der Waals surface area contributed by atoms with Gasteiger partial charge in [0.2, 0.25) is 0 Å². The Balaban J connectivity index is 2.87. The molecule has 1 rings (SSSR count). The first-order chi connectivity index (χ1) is 5.18. The monoisotopic (exact) mass is 170 g/mol. The topological polar surface area (TPSA) is 47.0 Å². The molecule has 0 saturated heterocycles. The average molecular weight is 170 g/mol. The summed E-state index contributed by atoms with van der Waals surface area (Å²) in [5, 5.41) is 0. The molecule has 1 radical (unpaired) electrons. The van der Waals surface area contributed by atoms with E-state index in [1.807, 2.05) is 0 Å². The Bertz CT molecular complexity index is 312. The minimum atomic E-state index is -2.35. The van der Waals surface area contributed by atoms with Gasteiger partial charge in [-0.25, -0.2) is 8.42 Å². The first-order valence-corrected chi connectivity index (χ1v) is 4.50. The Kier molecular flexibility index (Phi) is 2.59. The molecular formula is C7H8NO2S. The van der Waals surface area contributed by atoms with Gasteiger partial charge in [0.1, 0.15) is 10.7 Å². The lowest BCUT2D eigenvalue weighted by atomic mass is 10.2. The summed E-state index contributed by atoms with van der Waals surface area (Å²) in [6.45, 7) is 1.78. The van der Waals surface area contributed by atoms with Crippen LogP contribution in [-0.4, -0.2) is 13.4 Å². The summed E-state index contributed by atoms with van der Waals surface area (Å²) in [5.41, 5.74) is 1.40. The SMILES string of the molecule is Cc1[c]c(C[SH](=O)=O)ccn1. The van der Waals surface area contributed by atoms with Gasteiger partial charge in [0.25, 0.3) is 0 Å². The largest absolute Gasteiger partial charge is 0.261 e. The maximum absolute atomic E-state index is 10.3. The highest BCUT2D eigenvalue weighted by atomic mass is 32.2. The van der Waals surface area contributed by atoms with Crippen LogP contribution in [0, 0.1) is 13.0 Å². The van der Waals surface area contributed by atoms with E-state index in [2.05, 4.69) is 11.1 Å². The fraction of sp³-hybridized carbons (Fsp3) is 0.286. The smallest absolute Gasteiger partial charge is 0.144 e. The first-order valence-electron chi connectivity index (χ1n) is 3.14. The van der Waals surface area contributed by atoms with Crippen molar-refractivity contribution in [2.24, 2.45) is 0 Å². The van der Waals surface area contributed by atoms with Crippen LogP contribution in [0.3, 0.4) is 0 Å². The molecule has 59 valence electrons. The van der Waals surface area contributed by atoms with Crippen LogP contribution in [0.25, 0.3) is 0 Å². The Morgan fingerprint density at radius 3 is 2.91 bits per heavy atom. The minimum Gasteiger partial charge on any atom is -0.261 e. The number of aryl methyl sites for hydroxylation is 1. The van der Waals surface area contributed by atoms with Crippen molar-refractivity contribution in [1.82, 2.24) is 4.98 Å². The molecule has 1 aromatic rings. The highest BCUT2D eigenvalue weighted by molar-refractivity contribution is 7.71. The summed E-state index contributed by atoms with van der Waals surface area (Å²) in [6, 6.07) is 4.49. The van der Waals surface area contributed by atoms with Gasteiger partial charge in [-0.05, 0) is 18.6 Å². The maximum Gasteiger partial charge on any atom is 0.144 e. The Morgan fingerprint density at radius 2 is 2.36 bits per heavy atom. The van der Waals surface area contributed by atoms with E-state index in [0.717, 1.165) is 5.69 Å². The molecular weight excluding hydrogens is 162 g/mol. The molecule has 11 heavy (non-hydrogen) atoms. The first kappa shape index (κ1) is 8.20. The molecule has 0 spiro atoms. The van der Waals surface area contributed by atoms with Crippen molar-refractivity contribution in [3.05, 3.63) is 29.6 Å². The molecule has 0 saturated carbocycles. The number of hydrogen-bond donors (Lipinski definition) is 1. The quantitative estimate of drug-likeness (QED) is 0.649. The van der Waals surface area contributed by atoms with Crippen molar-refractivity contribution in [2.45, 2.75) is 12.7 Å². The molecule has 0 aliphatic heterocycles. The summed E-state index contributed by atoms with van der Waals surface area (Å²) in [7, 11) is -2.35. The second-order valence-electron chi connectivity index (χ2n) is 2.17. The second kappa shape index (κ2) is 3.48. The van der Waals surface area contributed by atoms with E-state index in [1.165, 1.54) is 0 Å². The molecule has 0 fully saturated rings. The number of nitrogens with zero attached hydrogens (tertiary/aromatic N) is 1. The van der Waals surface area contributed by atoms with Gasteiger partial charge >= 0.3 is 0 Å². The lowest BCUT2D eigenvalue weighted by Crippen LogP contribution is -1.89. The van der Waals surface area contributed by atoms with Gasteiger partial charge in [-0.2, -0.15) is 0 Å². The van der Waals surface area contributed by atoms with Crippen molar-refractivity contribution in [2.75, 3.05) is 0 Å². The fourth-order valence-corrected chi connectivity index (χ4v) is 1.24. The number of aromatic nitrogens is 1. The Labute approximate surface area is 67.0 Å². The van der Waals surface area contributed by atoms with Crippen LogP contribution in [0.5, 0.6) is 0 Å². The third-order valence-electron chi connectivity index (χ3n) is 1.18. The fourth-order valence-electron chi connectivity index (χ4n) is 0.777. The van der Waals surface area contributed by atoms with Crippen molar-refractivity contribution >= 4 is 10.7 Å². The van der Waals surface area contributed by atoms with Crippen molar-refractivity contribution < 1.29 is 8.42 Å². The zero-order chi connectivity index (χ0) is 8.27. The van der Waals surface area contributed by atoms with Crippen LogP contribution in [0.1, 0.15) is 11.3 Å².